The molecule has 2 bridgehead atoms. The number of halogens is 1. The summed E-state index contributed by atoms with van der Waals surface area (Å²) in [6, 6.07) is 14.1. The van der Waals surface area contributed by atoms with Crippen LogP contribution in [0.2, 0.25) is 5.02 Å². The Hall–Kier alpha value is -3.20. The number of esters is 1. The zero-order chi connectivity index (χ0) is 27.9. The largest absolute Gasteiger partial charge is 0.466 e. The number of aliphatic hydroxyl groups excluding tert-OH is 1. The number of para-hydroxylation sites is 1. The van der Waals surface area contributed by atoms with Crippen LogP contribution in [0.1, 0.15) is 38.3 Å². The first-order valence-corrected chi connectivity index (χ1v) is 13.6. The van der Waals surface area contributed by atoms with Crippen LogP contribution >= 0.6 is 11.6 Å². The second kappa shape index (κ2) is 10.4. The van der Waals surface area contributed by atoms with Crippen molar-refractivity contribution in [1.29, 1.82) is 0 Å². The van der Waals surface area contributed by atoms with Crippen molar-refractivity contribution in [2.75, 3.05) is 24.7 Å². The molecule has 3 heterocycles. The molecule has 3 aliphatic heterocycles. The molecular weight excluding hydrogens is 520 g/mol. The van der Waals surface area contributed by atoms with Gasteiger partial charge in [0.2, 0.25) is 5.91 Å². The van der Waals surface area contributed by atoms with Gasteiger partial charge in [-0.3, -0.25) is 14.4 Å². The summed E-state index contributed by atoms with van der Waals surface area (Å²) in [5, 5.41) is 11.0. The van der Waals surface area contributed by atoms with Gasteiger partial charge in [0, 0.05) is 6.54 Å². The summed E-state index contributed by atoms with van der Waals surface area (Å²) in [6.07, 6.45) is 2.48. The van der Waals surface area contributed by atoms with Gasteiger partial charge in [0.25, 0.3) is 5.91 Å². The molecule has 2 aromatic carbocycles. The average molecular weight is 553 g/mol. The van der Waals surface area contributed by atoms with E-state index in [2.05, 4.69) is 6.58 Å². The van der Waals surface area contributed by atoms with E-state index in [0.29, 0.717) is 29.1 Å². The zero-order valence-corrected chi connectivity index (χ0v) is 22.8. The number of amides is 2. The third-order valence-electron chi connectivity index (χ3n) is 8.40. The minimum Gasteiger partial charge on any atom is -0.466 e. The number of carbonyl (C=O) groups excluding carboxylic acids is 3. The van der Waals surface area contributed by atoms with Gasteiger partial charge in [-0.1, -0.05) is 60.1 Å². The first-order chi connectivity index (χ1) is 18.7. The van der Waals surface area contributed by atoms with Crippen LogP contribution in [-0.4, -0.2) is 64.8 Å². The van der Waals surface area contributed by atoms with Crippen LogP contribution in [-0.2, 0) is 23.9 Å². The highest BCUT2D eigenvalue weighted by Crippen LogP contribution is 2.64. The molecule has 206 valence electrons. The van der Waals surface area contributed by atoms with Crippen molar-refractivity contribution in [2.45, 2.75) is 50.0 Å². The van der Waals surface area contributed by atoms with Gasteiger partial charge >= 0.3 is 5.97 Å². The molecule has 0 saturated carbocycles. The second-order valence-corrected chi connectivity index (χ2v) is 10.9. The number of carbonyl (C=O) groups is 3. The van der Waals surface area contributed by atoms with Crippen molar-refractivity contribution in [2.24, 2.45) is 11.8 Å². The first kappa shape index (κ1) is 27.4. The molecule has 1 spiro atoms. The van der Waals surface area contributed by atoms with E-state index in [0.717, 1.165) is 0 Å². The predicted octanol–water partition coefficient (Wildman–Crippen LogP) is 3.92. The van der Waals surface area contributed by atoms with Crippen molar-refractivity contribution in [3.05, 3.63) is 77.8 Å². The Morgan fingerprint density at radius 2 is 1.92 bits per heavy atom. The van der Waals surface area contributed by atoms with Crippen LogP contribution in [0.3, 0.4) is 0 Å². The number of aliphatic hydroxyl groups is 1. The van der Waals surface area contributed by atoms with Crippen LogP contribution in [0.15, 0.2) is 67.3 Å². The van der Waals surface area contributed by atoms with E-state index >= 15 is 0 Å². The van der Waals surface area contributed by atoms with Crippen LogP contribution < -0.4 is 4.90 Å². The molecule has 3 fully saturated rings. The van der Waals surface area contributed by atoms with Gasteiger partial charge < -0.3 is 24.4 Å². The number of ether oxygens (including phenoxy) is 2. The molecule has 2 aromatic rings. The maximum absolute atomic E-state index is 14.7. The number of fused-ring (bicyclic) bond motifs is 1. The third kappa shape index (κ3) is 4.17. The summed E-state index contributed by atoms with van der Waals surface area (Å²) in [4.78, 5) is 45.3. The Morgan fingerprint density at radius 1 is 1.23 bits per heavy atom. The molecule has 0 aromatic heterocycles. The van der Waals surface area contributed by atoms with Gasteiger partial charge in [0.15, 0.2) is 0 Å². The summed E-state index contributed by atoms with van der Waals surface area (Å²) >= 11 is 6.52. The summed E-state index contributed by atoms with van der Waals surface area (Å²) in [5.74, 6) is -3.14. The summed E-state index contributed by atoms with van der Waals surface area (Å²) < 4.78 is 12.1. The lowest BCUT2D eigenvalue weighted by molar-refractivity contribution is -0.160. The van der Waals surface area contributed by atoms with E-state index in [1.165, 1.54) is 9.80 Å². The molecule has 3 saturated heterocycles. The van der Waals surface area contributed by atoms with Gasteiger partial charge in [-0.2, -0.15) is 0 Å². The van der Waals surface area contributed by atoms with E-state index in [-0.39, 0.29) is 13.2 Å². The lowest BCUT2D eigenvalue weighted by Crippen LogP contribution is -2.57. The van der Waals surface area contributed by atoms with E-state index in [4.69, 9.17) is 21.1 Å². The molecule has 5 rings (SSSR count). The molecule has 0 aliphatic carbocycles. The molecule has 2 amide bonds. The summed E-state index contributed by atoms with van der Waals surface area (Å²) in [6.45, 7) is 7.23. The van der Waals surface area contributed by atoms with E-state index < -0.39 is 59.5 Å². The van der Waals surface area contributed by atoms with Gasteiger partial charge in [0.05, 0.1) is 41.5 Å². The number of nitrogens with zero attached hydrogens (tertiary/aromatic N) is 2. The monoisotopic (exact) mass is 552 g/mol. The molecule has 3 aliphatic rings. The third-order valence-corrected chi connectivity index (χ3v) is 8.72. The van der Waals surface area contributed by atoms with Crippen LogP contribution in [0.5, 0.6) is 0 Å². The van der Waals surface area contributed by atoms with Gasteiger partial charge in [-0.25, -0.2) is 0 Å². The fourth-order valence-corrected chi connectivity index (χ4v) is 7.09. The van der Waals surface area contributed by atoms with Crippen LogP contribution in [0, 0.1) is 11.8 Å². The summed E-state index contributed by atoms with van der Waals surface area (Å²) in [7, 11) is 0. The highest BCUT2D eigenvalue weighted by Gasteiger charge is 2.79. The lowest BCUT2D eigenvalue weighted by atomic mass is 9.66. The average Bonchev–Trinajstić information content (AvgIpc) is 3.50. The Balaban J connectivity index is 1.68. The number of likely N-dealkylation sites (tertiary alicyclic amines) is 1. The molecule has 0 radical (unpaired) electrons. The van der Waals surface area contributed by atoms with Gasteiger partial charge in [-0.15, -0.1) is 6.58 Å². The Labute approximate surface area is 233 Å². The molecule has 9 heteroatoms. The minimum atomic E-state index is -1.27. The molecule has 6 atom stereocenters. The topological polar surface area (TPSA) is 96.4 Å². The van der Waals surface area contributed by atoms with E-state index in [1.54, 1.807) is 49.4 Å². The van der Waals surface area contributed by atoms with Crippen molar-refractivity contribution >= 4 is 35.1 Å². The van der Waals surface area contributed by atoms with Gasteiger partial charge in [-0.05, 0) is 44.4 Å². The first-order valence-electron chi connectivity index (χ1n) is 13.3. The Kier molecular flexibility index (Phi) is 7.31. The highest BCUT2D eigenvalue weighted by molar-refractivity contribution is 6.34. The molecule has 2 unspecified atom stereocenters. The molecule has 8 nitrogen and oxygen atoms in total. The van der Waals surface area contributed by atoms with E-state index in [9.17, 15) is 19.5 Å². The Bertz CT molecular complexity index is 1290. The molecule has 39 heavy (non-hydrogen) atoms. The van der Waals surface area contributed by atoms with Crippen molar-refractivity contribution < 1.29 is 29.0 Å². The van der Waals surface area contributed by atoms with Crippen molar-refractivity contribution in [1.82, 2.24) is 4.90 Å². The maximum Gasteiger partial charge on any atom is 0.312 e. The minimum absolute atomic E-state index is 0.134. The SMILES string of the molecule is C=CCN(C(=O)C1N([C@H](CO)c2ccccc2)C(=O)[C@@H]2[C@H](C(=O)OCC)[C@]3(C)CCC12O3)c1ccccc1Cl. The van der Waals surface area contributed by atoms with Crippen LogP contribution in [0.4, 0.5) is 5.69 Å². The standard InChI is InChI=1S/C30H33ClN2O6/c1-4-17-32(21-14-10-9-13-20(21)31)27(36)25-30-16-15-29(3,39-30)24(28(37)38-5-2)23(30)26(35)33(25)22(18-34)19-11-7-6-8-12-19/h4,6-14,22-25,34H,1,5,15-18H2,2-3H3/t22-,23+,24-,25?,29+,30?/m1/s1. The number of anilines is 1. The Morgan fingerprint density at radius 3 is 2.56 bits per heavy atom. The maximum atomic E-state index is 14.7. The fourth-order valence-electron chi connectivity index (χ4n) is 6.85. The number of hydrogen-bond donors (Lipinski definition) is 1. The number of rotatable bonds is 9. The smallest absolute Gasteiger partial charge is 0.312 e. The lowest BCUT2D eigenvalue weighted by Gasteiger charge is -2.39. The number of hydrogen-bond acceptors (Lipinski definition) is 6. The van der Waals surface area contributed by atoms with Crippen molar-refractivity contribution in [3.8, 4) is 0 Å². The number of benzene rings is 2. The zero-order valence-electron chi connectivity index (χ0n) is 22.1. The normalized spacial score (nSPS) is 29.7. The van der Waals surface area contributed by atoms with Gasteiger partial charge in [0.1, 0.15) is 17.6 Å². The summed E-state index contributed by atoms with van der Waals surface area (Å²) in [5.41, 5.74) is -1.09. The fraction of sp³-hybridized carbons (Fsp3) is 0.433. The molecular formula is C30H33ClN2O6. The predicted molar refractivity (Wildman–Crippen MR) is 146 cm³/mol. The second-order valence-electron chi connectivity index (χ2n) is 10.5. The highest BCUT2D eigenvalue weighted by atomic mass is 35.5. The molecule has 1 N–H and O–H groups in total. The van der Waals surface area contributed by atoms with Crippen molar-refractivity contribution in [3.63, 3.8) is 0 Å². The van der Waals surface area contributed by atoms with E-state index in [1.807, 2.05) is 25.1 Å². The van der Waals surface area contributed by atoms with Crippen LogP contribution in [0.25, 0.3) is 0 Å². The quantitative estimate of drug-likeness (QED) is 0.374.